The van der Waals surface area contributed by atoms with Crippen LogP contribution in [-0.2, 0) is 0 Å². The van der Waals surface area contributed by atoms with Crippen LogP contribution in [0.2, 0.25) is 0 Å². The van der Waals surface area contributed by atoms with E-state index in [1.807, 2.05) is 0 Å². The molecule has 2 fully saturated rings. The van der Waals surface area contributed by atoms with Crippen LogP contribution >= 0.6 is 0 Å². The van der Waals surface area contributed by atoms with Gasteiger partial charge in [-0.1, -0.05) is 20.8 Å². The van der Waals surface area contributed by atoms with Crippen LogP contribution in [0.5, 0.6) is 0 Å². The first kappa shape index (κ1) is 16.3. The maximum atomic E-state index is 2.76. The third-order valence-corrected chi connectivity index (χ3v) is 5.91. The van der Waals surface area contributed by atoms with Gasteiger partial charge in [-0.2, -0.15) is 0 Å². The molecule has 20 heavy (non-hydrogen) atoms. The van der Waals surface area contributed by atoms with Gasteiger partial charge in [0.1, 0.15) is 0 Å². The molecule has 0 aromatic carbocycles. The van der Waals surface area contributed by atoms with Gasteiger partial charge in [0.05, 0.1) is 0 Å². The maximum absolute atomic E-state index is 2.76. The van der Waals surface area contributed by atoms with Crippen LogP contribution in [-0.4, -0.2) is 48.6 Å². The Kier molecular flexibility index (Phi) is 5.92. The smallest absolute Gasteiger partial charge is 0.00387 e. The van der Waals surface area contributed by atoms with Gasteiger partial charge in [0.15, 0.2) is 0 Å². The van der Waals surface area contributed by atoms with E-state index in [9.17, 15) is 0 Å². The molecule has 2 atom stereocenters. The average Bonchev–Trinajstić information content (AvgIpc) is 2.41. The first-order chi connectivity index (χ1) is 9.47. The number of hydrogen-bond donors (Lipinski definition) is 0. The van der Waals surface area contributed by atoms with E-state index < -0.39 is 0 Å². The second kappa shape index (κ2) is 7.26. The molecule has 0 unspecified atom stereocenters. The summed E-state index contributed by atoms with van der Waals surface area (Å²) in [5, 5.41) is 0. The van der Waals surface area contributed by atoms with E-state index in [1.165, 1.54) is 52.0 Å². The quantitative estimate of drug-likeness (QED) is 0.774. The van der Waals surface area contributed by atoms with Gasteiger partial charge in [0.25, 0.3) is 0 Å². The SMILES string of the molecule is CC(C)C1CCN(C[C@H]2CCN(C(C)C)C[C@H]2C)CC1. The normalized spacial score (nSPS) is 31.4. The minimum Gasteiger partial charge on any atom is -0.303 e. The summed E-state index contributed by atoms with van der Waals surface area (Å²) in [4.78, 5) is 5.41. The molecule has 0 aromatic rings. The van der Waals surface area contributed by atoms with Crippen molar-refractivity contribution >= 4 is 0 Å². The van der Waals surface area contributed by atoms with Crippen LogP contribution in [0.1, 0.15) is 53.9 Å². The molecule has 0 spiro atoms. The fourth-order valence-electron chi connectivity index (χ4n) is 4.10. The number of nitrogens with zero attached hydrogens (tertiary/aromatic N) is 2. The first-order valence-corrected chi connectivity index (χ1v) is 8.93. The molecule has 0 bridgehead atoms. The van der Waals surface area contributed by atoms with Gasteiger partial charge < -0.3 is 9.80 Å². The first-order valence-electron chi connectivity index (χ1n) is 8.93. The fraction of sp³-hybridized carbons (Fsp3) is 1.00. The highest BCUT2D eigenvalue weighted by Crippen LogP contribution is 2.29. The molecule has 0 N–H and O–H groups in total. The van der Waals surface area contributed by atoms with Gasteiger partial charge in [-0.3, -0.25) is 0 Å². The molecule has 2 heterocycles. The molecular formula is C18H36N2. The highest BCUT2D eigenvalue weighted by Gasteiger charge is 2.30. The molecule has 0 aromatic heterocycles. The molecule has 2 nitrogen and oxygen atoms in total. The standard InChI is InChI=1S/C18H36N2/c1-14(2)17-6-9-19(10-7-17)13-18-8-11-20(15(3)4)12-16(18)5/h14-18H,6-13H2,1-5H3/t16-,18-/m1/s1. The topological polar surface area (TPSA) is 6.48 Å². The molecule has 2 aliphatic heterocycles. The highest BCUT2D eigenvalue weighted by atomic mass is 15.2. The second-order valence-electron chi connectivity index (χ2n) is 8.00. The van der Waals surface area contributed by atoms with Crippen molar-refractivity contribution in [2.45, 2.75) is 59.9 Å². The minimum atomic E-state index is 0.722. The Morgan fingerprint density at radius 1 is 0.950 bits per heavy atom. The zero-order valence-electron chi connectivity index (χ0n) is 14.4. The summed E-state index contributed by atoms with van der Waals surface area (Å²) in [5.74, 6) is 3.66. The summed E-state index contributed by atoms with van der Waals surface area (Å²) in [6, 6.07) is 0.722. The summed E-state index contributed by atoms with van der Waals surface area (Å²) in [5.41, 5.74) is 0. The zero-order valence-corrected chi connectivity index (χ0v) is 14.4. The molecule has 118 valence electrons. The van der Waals surface area contributed by atoms with E-state index in [0.717, 1.165) is 29.7 Å². The maximum Gasteiger partial charge on any atom is 0.00387 e. The molecule has 2 saturated heterocycles. The third-order valence-electron chi connectivity index (χ3n) is 5.91. The van der Waals surface area contributed by atoms with Crippen molar-refractivity contribution in [1.29, 1.82) is 0 Å². The van der Waals surface area contributed by atoms with Crippen LogP contribution in [0.4, 0.5) is 0 Å². The summed E-state index contributed by atoms with van der Waals surface area (Å²) >= 11 is 0. The average molecular weight is 281 g/mol. The van der Waals surface area contributed by atoms with E-state index >= 15 is 0 Å². The largest absolute Gasteiger partial charge is 0.303 e. The summed E-state index contributed by atoms with van der Waals surface area (Å²) in [6.07, 6.45) is 4.26. The van der Waals surface area contributed by atoms with E-state index in [1.54, 1.807) is 0 Å². The lowest BCUT2D eigenvalue weighted by atomic mass is 9.83. The highest BCUT2D eigenvalue weighted by molar-refractivity contribution is 4.83. The van der Waals surface area contributed by atoms with Crippen molar-refractivity contribution in [1.82, 2.24) is 9.80 Å². The van der Waals surface area contributed by atoms with Gasteiger partial charge >= 0.3 is 0 Å². The van der Waals surface area contributed by atoms with E-state index in [4.69, 9.17) is 0 Å². The predicted molar refractivity (Wildman–Crippen MR) is 88.0 cm³/mol. The van der Waals surface area contributed by atoms with Gasteiger partial charge in [-0.25, -0.2) is 0 Å². The Morgan fingerprint density at radius 2 is 1.60 bits per heavy atom. The van der Waals surface area contributed by atoms with Crippen molar-refractivity contribution in [2.24, 2.45) is 23.7 Å². The number of piperidine rings is 2. The molecule has 0 radical (unpaired) electrons. The molecular weight excluding hydrogens is 244 g/mol. The van der Waals surface area contributed by atoms with Crippen molar-refractivity contribution in [2.75, 3.05) is 32.7 Å². The van der Waals surface area contributed by atoms with Gasteiger partial charge in [-0.15, -0.1) is 0 Å². The summed E-state index contributed by atoms with van der Waals surface area (Å²) < 4.78 is 0. The van der Waals surface area contributed by atoms with Crippen molar-refractivity contribution < 1.29 is 0 Å². The monoisotopic (exact) mass is 280 g/mol. The molecule has 0 aliphatic carbocycles. The Morgan fingerprint density at radius 3 is 2.10 bits per heavy atom. The van der Waals surface area contributed by atoms with Gasteiger partial charge in [0, 0.05) is 19.1 Å². The van der Waals surface area contributed by atoms with Crippen LogP contribution in [0.25, 0.3) is 0 Å². The Bertz CT molecular complexity index is 279. The lowest BCUT2D eigenvalue weighted by Gasteiger charge is -2.42. The third kappa shape index (κ3) is 4.21. The van der Waals surface area contributed by atoms with Crippen LogP contribution < -0.4 is 0 Å². The van der Waals surface area contributed by atoms with Crippen LogP contribution in [0.15, 0.2) is 0 Å². The molecule has 2 heteroatoms. The lowest BCUT2D eigenvalue weighted by molar-refractivity contribution is 0.0632. The fourth-order valence-corrected chi connectivity index (χ4v) is 4.10. The zero-order chi connectivity index (χ0) is 14.7. The van der Waals surface area contributed by atoms with E-state index in [2.05, 4.69) is 44.4 Å². The summed E-state index contributed by atoms with van der Waals surface area (Å²) in [6.45, 7) is 18.6. The summed E-state index contributed by atoms with van der Waals surface area (Å²) in [7, 11) is 0. The van der Waals surface area contributed by atoms with Crippen molar-refractivity contribution in [3.63, 3.8) is 0 Å². The van der Waals surface area contributed by atoms with Crippen LogP contribution in [0.3, 0.4) is 0 Å². The Balaban J connectivity index is 1.75. The minimum absolute atomic E-state index is 0.722. The Hall–Kier alpha value is -0.0800. The van der Waals surface area contributed by atoms with Crippen LogP contribution in [0, 0.1) is 23.7 Å². The van der Waals surface area contributed by atoms with E-state index in [0.29, 0.717) is 0 Å². The number of hydrogen-bond acceptors (Lipinski definition) is 2. The molecule has 2 aliphatic rings. The molecule has 0 saturated carbocycles. The predicted octanol–water partition coefficient (Wildman–Crippen LogP) is 3.72. The van der Waals surface area contributed by atoms with Crippen molar-refractivity contribution in [3.8, 4) is 0 Å². The second-order valence-corrected chi connectivity index (χ2v) is 8.00. The lowest BCUT2D eigenvalue weighted by Crippen LogP contribution is -2.47. The number of likely N-dealkylation sites (tertiary alicyclic amines) is 2. The Labute approximate surface area is 126 Å². The van der Waals surface area contributed by atoms with E-state index in [-0.39, 0.29) is 0 Å². The molecule has 2 rings (SSSR count). The van der Waals surface area contributed by atoms with Crippen molar-refractivity contribution in [3.05, 3.63) is 0 Å². The molecule has 0 amide bonds. The van der Waals surface area contributed by atoms with Gasteiger partial charge in [-0.05, 0) is 76.4 Å². The van der Waals surface area contributed by atoms with Gasteiger partial charge in [0.2, 0.25) is 0 Å². The number of rotatable bonds is 4.